The first-order valence-corrected chi connectivity index (χ1v) is 7.19. The molecule has 0 saturated carbocycles. The molecule has 0 radical (unpaired) electrons. The van der Waals surface area contributed by atoms with Crippen molar-refractivity contribution in [2.24, 2.45) is 5.73 Å². The first-order chi connectivity index (χ1) is 9.58. The summed E-state index contributed by atoms with van der Waals surface area (Å²) in [5.41, 5.74) is 7.25. The van der Waals surface area contributed by atoms with Crippen LogP contribution in [0.1, 0.15) is 45.2 Å². The summed E-state index contributed by atoms with van der Waals surface area (Å²) in [5.74, 6) is 0.416. The minimum atomic E-state index is -1.03. The van der Waals surface area contributed by atoms with Crippen molar-refractivity contribution < 1.29 is 14.3 Å². The minimum Gasteiger partial charge on any atom is -0.493 e. The molecule has 1 aromatic rings. The number of carbonyl (C=O) groups is 1. The maximum Gasteiger partial charge on any atom is 0.325 e. The molecule has 0 aromatic heterocycles. The van der Waals surface area contributed by atoms with E-state index in [0.717, 1.165) is 11.3 Å². The zero-order valence-corrected chi connectivity index (χ0v) is 13.9. The number of hydrogen-bond donors (Lipinski definition) is 1. The molecule has 1 atom stereocenters. The van der Waals surface area contributed by atoms with Gasteiger partial charge in [0, 0.05) is 6.42 Å². The molecule has 0 spiro atoms. The van der Waals surface area contributed by atoms with Crippen LogP contribution in [0.3, 0.4) is 0 Å². The van der Waals surface area contributed by atoms with Gasteiger partial charge in [-0.25, -0.2) is 0 Å². The lowest BCUT2D eigenvalue weighted by Crippen LogP contribution is -2.46. The lowest BCUT2D eigenvalue weighted by atomic mass is 9.85. The molecule has 0 aliphatic rings. The molecule has 0 saturated heterocycles. The zero-order valence-electron chi connectivity index (χ0n) is 13.9. The van der Waals surface area contributed by atoms with Gasteiger partial charge in [-0.05, 0) is 30.9 Å². The van der Waals surface area contributed by atoms with E-state index in [9.17, 15) is 4.79 Å². The summed E-state index contributed by atoms with van der Waals surface area (Å²) >= 11 is 0. The quantitative estimate of drug-likeness (QED) is 0.848. The van der Waals surface area contributed by atoms with E-state index in [-0.39, 0.29) is 5.41 Å². The van der Waals surface area contributed by atoms with Crippen LogP contribution in [-0.2, 0) is 14.9 Å². The highest BCUT2D eigenvalue weighted by molar-refractivity contribution is 5.79. The number of hydrogen-bond acceptors (Lipinski definition) is 4. The molecule has 118 valence electrons. The summed E-state index contributed by atoms with van der Waals surface area (Å²) in [4.78, 5) is 11.5. The highest BCUT2D eigenvalue weighted by atomic mass is 16.5. The van der Waals surface area contributed by atoms with Gasteiger partial charge < -0.3 is 15.2 Å². The molecular weight excluding hydrogens is 266 g/mol. The molecule has 0 fully saturated rings. The number of carbonyl (C=O) groups excluding carboxylic acids is 1. The molecule has 0 heterocycles. The van der Waals surface area contributed by atoms with Gasteiger partial charge in [0.1, 0.15) is 11.3 Å². The summed E-state index contributed by atoms with van der Waals surface area (Å²) in [6, 6.07) is 6.13. The molecule has 0 aliphatic carbocycles. The second kappa shape index (κ2) is 6.48. The van der Waals surface area contributed by atoms with Crippen molar-refractivity contribution in [3.63, 3.8) is 0 Å². The normalized spacial score (nSPS) is 14.4. The molecule has 21 heavy (non-hydrogen) atoms. The third kappa shape index (κ3) is 4.74. The number of rotatable bonds is 5. The number of benzene rings is 1. The molecule has 0 aliphatic heterocycles. The number of esters is 1. The van der Waals surface area contributed by atoms with Gasteiger partial charge in [0.05, 0.1) is 13.7 Å². The minimum absolute atomic E-state index is 0.00425. The van der Waals surface area contributed by atoms with Gasteiger partial charge in [0.2, 0.25) is 0 Å². The fraction of sp³-hybridized carbons (Fsp3) is 0.588. The Labute approximate surface area is 127 Å². The Morgan fingerprint density at radius 1 is 1.24 bits per heavy atom. The molecule has 0 amide bonds. The predicted molar refractivity (Wildman–Crippen MR) is 84.6 cm³/mol. The monoisotopic (exact) mass is 293 g/mol. The van der Waals surface area contributed by atoms with Gasteiger partial charge >= 0.3 is 5.97 Å². The van der Waals surface area contributed by atoms with E-state index in [1.54, 1.807) is 6.92 Å². The van der Waals surface area contributed by atoms with Crippen molar-refractivity contribution in [2.75, 3.05) is 13.7 Å². The first-order valence-electron chi connectivity index (χ1n) is 7.19. The topological polar surface area (TPSA) is 61.5 Å². The van der Waals surface area contributed by atoms with Crippen LogP contribution < -0.4 is 10.5 Å². The van der Waals surface area contributed by atoms with Crippen LogP contribution in [0, 0.1) is 6.92 Å². The molecular formula is C17H27NO3. The summed E-state index contributed by atoms with van der Waals surface area (Å²) in [6.45, 7) is 10.5. The van der Waals surface area contributed by atoms with Crippen LogP contribution >= 0.6 is 0 Å². The van der Waals surface area contributed by atoms with E-state index in [4.69, 9.17) is 15.2 Å². The largest absolute Gasteiger partial charge is 0.493 e. The van der Waals surface area contributed by atoms with Crippen molar-refractivity contribution in [3.8, 4) is 5.75 Å². The van der Waals surface area contributed by atoms with E-state index >= 15 is 0 Å². The van der Waals surface area contributed by atoms with E-state index in [1.807, 2.05) is 12.1 Å². The van der Waals surface area contributed by atoms with Crippen molar-refractivity contribution in [1.82, 2.24) is 0 Å². The molecule has 4 heteroatoms. The van der Waals surface area contributed by atoms with Crippen molar-refractivity contribution in [3.05, 3.63) is 29.3 Å². The Kier molecular flexibility index (Phi) is 5.40. The molecule has 1 unspecified atom stereocenters. The third-order valence-corrected chi connectivity index (χ3v) is 3.47. The average molecular weight is 293 g/mol. The summed E-state index contributed by atoms with van der Waals surface area (Å²) in [5, 5.41) is 0. The van der Waals surface area contributed by atoms with Crippen LogP contribution in [0.25, 0.3) is 0 Å². The van der Waals surface area contributed by atoms with Gasteiger partial charge in [0.15, 0.2) is 0 Å². The number of ether oxygens (including phenoxy) is 2. The average Bonchev–Trinajstić information content (AvgIpc) is 2.38. The fourth-order valence-corrected chi connectivity index (χ4v) is 2.06. The third-order valence-electron chi connectivity index (χ3n) is 3.47. The summed E-state index contributed by atoms with van der Waals surface area (Å²) in [6.07, 6.45) is 0.400. The smallest absolute Gasteiger partial charge is 0.325 e. The van der Waals surface area contributed by atoms with Crippen molar-refractivity contribution >= 4 is 5.97 Å². The standard InChI is InChI=1S/C17H27NO3/c1-12-7-8-14(13(11-12)16(2,3)4)21-10-9-17(5,18)15(19)20-6/h7-8,11H,9-10,18H2,1-6H3. The molecule has 4 nitrogen and oxygen atoms in total. The van der Waals surface area contributed by atoms with E-state index in [0.29, 0.717) is 13.0 Å². The second-order valence-electron chi connectivity index (χ2n) is 6.76. The van der Waals surface area contributed by atoms with Gasteiger partial charge in [0.25, 0.3) is 0 Å². The molecule has 2 N–H and O–H groups in total. The Morgan fingerprint density at radius 3 is 2.38 bits per heavy atom. The first kappa shape index (κ1) is 17.5. The van der Waals surface area contributed by atoms with Crippen molar-refractivity contribution in [1.29, 1.82) is 0 Å². The van der Waals surface area contributed by atoms with E-state index in [1.165, 1.54) is 12.7 Å². The van der Waals surface area contributed by atoms with Crippen LogP contribution in [-0.4, -0.2) is 25.2 Å². The lowest BCUT2D eigenvalue weighted by molar-refractivity contribution is -0.146. The summed E-state index contributed by atoms with van der Waals surface area (Å²) < 4.78 is 10.6. The maximum atomic E-state index is 11.5. The van der Waals surface area contributed by atoms with Gasteiger partial charge in [-0.15, -0.1) is 0 Å². The van der Waals surface area contributed by atoms with Gasteiger partial charge in [-0.2, -0.15) is 0 Å². The predicted octanol–water partition coefficient (Wildman–Crippen LogP) is 2.95. The van der Waals surface area contributed by atoms with Gasteiger partial charge in [-0.1, -0.05) is 38.5 Å². The highest BCUT2D eigenvalue weighted by Gasteiger charge is 2.29. The van der Waals surface area contributed by atoms with E-state index < -0.39 is 11.5 Å². The molecule has 1 rings (SSSR count). The lowest BCUT2D eigenvalue weighted by Gasteiger charge is -2.25. The van der Waals surface area contributed by atoms with E-state index in [2.05, 4.69) is 33.8 Å². The Morgan fingerprint density at radius 2 is 1.86 bits per heavy atom. The Hall–Kier alpha value is -1.55. The summed E-state index contributed by atoms with van der Waals surface area (Å²) in [7, 11) is 1.34. The van der Waals surface area contributed by atoms with Gasteiger partial charge in [-0.3, -0.25) is 4.79 Å². The Bertz CT molecular complexity index is 501. The zero-order chi connectivity index (χ0) is 16.3. The second-order valence-corrected chi connectivity index (χ2v) is 6.76. The fourth-order valence-electron chi connectivity index (χ4n) is 2.06. The van der Waals surface area contributed by atoms with Crippen LogP contribution in [0.4, 0.5) is 0 Å². The van der Waals surface area contributed by atoms with Crippen molar-refractivity contribution in [2.45, 2.75) is 52.0 Å². The highest BCUT2D eigenvalue weighted by Crippen LogP contribution is 2.32. The number of aryl methyl sites for hydroxylation is 1. The van der Waals surface area contributed by atoms with Crippen LogP contribution in [0.15, 0.2) is 18.2 Å². The van der Waals surface area contributed by atoms with Crippen LogP contribution in [0.5, 0.6) is 5.75 Å². The Balaban J connectivity index is 2.79. The number of nitrogens with two attached hydrogens (primary N) is 1. The molecule has 1 aromatic carbocycles. The number of methoxy groups -OCH3 is 1. The maximum absolute atomic E-state index is 11.5. The van der Waals surface area contributed by atoms with Crippen LogP contribution in [0.2, 0.25) is 0 Å². The molecule has 0 bridgehead atoms. The SMILES string of the molecule is COC(=O)C(C)(N)CCOc1ccc(C)cc1C(C)(C)C.